The lowest BCUT2D eigenvalue weighted by molar-refractivity contribution is -0.0976. The molecule has 0 fully saturated rings. The number of aliphatic hydroxyl groups is 1. The first-order valence-electron chi connectivity index (χ1n) is 6.98. The summed E-state index contributed by atoms with van der Waals surface area (Å²) >= 11 is 0. The number of pyridine rings is 1. The Bertz CT molecular complexity index is 551. The minimum Gasteiger partial charge on any atom is -0.442 e. The number of hydrogen-bond acceptors (Lipinski definition) is 5. The van der Waals surface area contributed by atoms with E-state index in [-0.39, 0.29) is 6.42 Å². The second-order valence-corrected chi connectivity index (χ2v) is 6.04. The molecule has 0 bridgehead atoms. The highest BCUT2D eigenvalue weighted by molar-refractivity contribution is 5.89. The number of aromatic nitrogens is 1. The summed E-state index contributed by atoms with van der Waals surface area (Å²) in [4.78, 5) is 16.3. The maximum Gasteiger partial charge on any atom is 0.433 e. The molecule has 0 aromatic carbocycles. The minimum atomic E-state index is -1.52. The fourth-order valence-corrected chi connectivity index (χ4v) is 2.15. The van der Waals surface area contributed by atoms with Crippen molar-refractivity contribution in [2.75, 3.05) is 0 Å². The molecule has 1 N–H and O–H groups in total. The van der Waals surface area contributed by atoms with Crippen molar-refractivity contribution in [2.24, 2.45) is 5.10 Å². The number of carbonyl (C=O) groups excluding carboxylic acids is 1. The van der Waals surface area contributed by atoms with Gasteiger partial charge in [0, 0.05) is 30.1 Å². The third kappa shape index (κ3) is 3.21. The molecule has 1 aliphatic rings. The van der Waals surface area contributed by atoms with Crippen molar-refractivity contribution >= 4 is 11.8 Å². The fourth-order valence-electron chi connectivity index (χ4n) is 2.15. The molecule has 1 aromatic heterocycles. The number of amides is 1. The lowest BCUT2D eigenvalue weighted by Gasteiger charge is -2.32. The molecule has 0 spiro atoms. The van der Waals surface area contributed by atoms with Crippen molar-refractivity contribution in [3.8, 4) is 0 Å². The van der Waals surface area contributed by atoms with Gasteiger partial charge in [0.15, 0.2) is 5.72 Å². The van der Waals surface area contributed by atoms with Crippen molar-refractivity contribution < 1.29 is 14.6 Å². The van der Waals surface area contributed by atoms with E-state index in [4.69, 9.17) is 4.74 Å². The maximum atomic E-state index is 12.3. The molecule has 0 unspecified atom stereocenters. The Morgan fingerprint density at radius 2 is 2.05 bits per heavy atom. The molecule has 1 atom stereocenters. The molecule has 1 aromatic rings. The Hall–Kier alpha value is -1.95. The van der Waals surface area contributed by atoms with Crippen LogP contribution < -0.4 is 0 Å². The topological polar surface area (TPSA) is 75.0 Å². The summed E-state index contributed by atoms with van der Waals surface area (Å²) in [5.41, 5.74) is -0.854. The van der Waals surface area contributed by atoms with Crippen LogP contribution in [0.15, 0.2) is 29.6 Å². The van der Waals surface area contributed by atoms with E-state index < -0.39 is 17.4 Å². The highest BCUT2D eigenvalue weighted by atomic mass is 16.6. The monoisotopic (exact) mass is 291 g/mol. The molecule has 0 radical (unpaired) electrons. The van der Waals surface area contributed by atoms with Crippen LogP contribution in [0, 0.1) is 0 Å². The second-order valence-electron chi connectivity index (χ2n) is 6.04. The Morgan fingerprint density at radius 1 is 1.43 bits per heavy atom. The molecule has 21 heavy (non-hydrogen) atoms. The summed E-state index contributed by atoms with van der Waals surface area (Å²) in [5, 5.41) is 16.2. The van der Waals surface area contributed by atoms with Crippen molar-refractivity contribution in [3.05, 3.63) is 30.1 Å². The molecule has 2 heterocycles. The standard InChI is InChI=1S/C15H21N3O3/c1-5-12-10-15(20,11-6-8-16-9-7-11)18(17-12)13(19)21-14(2,3)4/h6-9,20H,5,10H2,1-4H3/t15-/m1/s1. The number of carbonyl (C=O) groups is 1. The van der Waals surface area contributed by atoms with E-state index in [0.29, 0.717) is 12.0 Å². The fraction of sp³-hybridized carbons (Fsp3) is 0.533. The smallest absolute Gasteiger partial charge is 0.433 e. The number of hydrazone groups is 1. The van der Waals surface area contributed by atoms with Crippen LogP contribution in [0.3, 0.4) is 0 Å². The van der Waals surface area contributed by atoms with Gasteiger partial charge < -0.3 is 9.84 Å². The molecule has 2 rings (SSSR count). The molecule has 1 aliphatic heterocycles. The first-order chi connectivity index (χ1) is 9.76. The van der Waals surface area contributed by atoms with Gasteiger partial charge in [0.2, 0.25) is 0 Å². The van der Waals surface area contributed by atoms with Crippen molar-refractivity contribution in [2.45, 2.75) is 51.9 Å². The zero-order chi connectivity index (χ0) is 15.7. The maximum absolute atomic E-state index is 12.3. The van der Waals surface area contributed by atoms with Crippen LogP contribution in [0.5, 0.6) is 0 Å². The first-order valence-corrected chi connectivity index (χ1v) is 6.98. The Balaban J connectivity index is 2.35. The summed E-state index contributed by atoms with van der Waals surface area (Å²) in [6.07, 6.45) is 3.42. The number of hydrogen-bond donors (Lipinski definition) is 1. The Morgan fingerprint density at radius 3 is 2.57 bits per heavy atom. The van der Waals surface area contributed by atoms with Crippen LogP contribution in [0.25, 0.3) is 0 Å². The normalized spacial score (nSPS) is 22.1. The largest absolute Gasteiger partial charge is 0.442 e. The summed E-state index contributed by atoms with van der Waals surface area (Å²) in [6.45, 7) is 7.26. The van der Waals surface area contributed by atoms with Crippen LogP contribution in [-0.4, -0.2) is 32.5 Å². The van der Waals surface area contributed by atoms with E-state index in [9.17, 15) is 9.90 Å². The summed E-state index contributed by atoms with van der Waals surface area (Å²) in [7, 11) is 0. The van der Waals surface area contributed by atoms with Gasteiger partial charge in [-0.1, -0.05) is 6.92 Å². The summed E-state index contributed by atoms with van der Waals surface area (Å²) < 4.78 is 5.34. The van der Waals surface area contributed by atoms with Crippen LogP contribution >= 0.6 is 0 Å². The Labute approximate surface area is 124 Å². The molecule has 0 aliphatic carbocycles. The predicted octanol–water partition coefficient (Wildman–Crippen LogP) is 2.63. The summed E-state index contributed by atoms with van der Waals surface area (Å²) in [6, 6.07) is 3.34. The minimum absolute atomic E-state index is 0.271. The molecule has 6 heteroatoms. The highest BCUT2D eigenvalue weighted by Crippen LogP contribution is 2.36. The van der Waals surface area contributed by atoms with Gasteiger partial charge in [-0.2, -0.15) is 10.1 Å². The SMILES string of the molecule is CCC1=NN(C(=O)OC(C)(C)C)[C@](O)(c2ccncc2)C1. The van der Waals surface area contributed by atoms with Gasteiger partial charge in [-0.05, 0) is 39.3 Å². The molecular weight excluding hydrogens is 270 g/mol. The third-order valence-electron chi connectivity index (χ3n) is 3.16. The van der Waals surface area contributed by atoms with Gasteiger partial charge in [-0.15, -0.1) is 0 Å². The average molecular weight is 291 g/mol. The van der Waals surface area contributed by atoms with E-state index in [0.717, 1.165) is 10.7 Å². The molecule has 0 saturated carbocycles. The van der Waals surface area contributed by atoms with Crippen LogP contribution in [-0.2, 0) is 10.5 Å². The predicted molar refractivity (Wildman–Crippen MR) is 78.5 cm³/mol. The van der Waals surface area contributed by atoms with Gasteiger partial charge in [0.25, 0.3) is 0 Å². The van der Waals surface area contributed by atoms with Gasteiger partial charge in [-0.25, -0.2) is 4.79 Å². The van der Waals surface area contributed by atoms with Gasteiger partial charge in [0.05, 0.1) is 0 Å². The summed E-state index contributed by atoms with van der Waals surface area (Å²) in [5.74, 6) is 0. The zero-order valence-electron chi connectivity index (χ0n) is 12.8. The first kappa shape index (κ1) is 15.4. The molecule has 0 saturated heterocycles. The van der Waals surface area contributed by atoms with Crippen molar-refractivity contribution in [1.29, 1.82) is 0 Å². The van der Waals surface area contributed by atoms with Crippen LogP contribution in [0.4, 0.5) is 4.79 Å². The number of ether oxygens (including phenoxy) is 1. The molecule has 1 amide bonds. The van der Waals surface area contributed by atoms with Crippen molar-refractivity contribution in [3.63, 3.8) is 0 Å². The van der Waals surface area contributed by atoms with Gasteiger partial charge in [0.1, 0.15) is 5.60 Å². The van der Waals surface area contributed by atoms with Gasteiger partial charge >= 0.3 is 6.09 Å². The quantitative estimate of drug-likeness (QED) is 0.909. The van der Waals surface area contributed by atoms with E-state index >= 15 is 0 Å². The number of rotatable bonds is 2. The van der Waals surface area contributed by atoms with Gasteiger partial charge in [-0.3, -0.25) is 4.98 Å². The molecular formula is C15H21N3O3. The van der Waals surface area contributed by atoms with E-state index in [1.54, 1.807) is 45.3 Å². The van der Waals surface area contributed by atoms with Crippen molar-refractivity contribution in [1.82, 2.24) is 9.99 Å². The zero-order valence-corrected chi connectivity index (χ0v) is 12.8. The lowest BCUT2D eigenvalue weighted by atomic mass is 9.98. The second kappa shape index (κ2) is 5.44. The third-order valence-corrected chi connectivity index (χ3v) is 3.16. The van der Waals surface area contributed by atoms with Crippen LogP contribution in [0.1, 0.15) is 46.1 Å². The average Bonchev–Trinajstić information content (AvgIpc) is 2.77. The molecule has 114 valence electrons. The lowest BCUT2D eigenvalue weighted by Crippen LogP contribution is -2.45. The molecule has 6 nitrogen and oxygen atoms in total. The Kier molecular flexibility index (Phi) is 4.00. The van der Waals surface area contributed by atoms with Crippen LogP contribution in [0.2, 0.25) is 0 Å². The van der Waals surface area contributed by atoms with E-state index in [1.807, 2.05) is 6.92 Å². The van der Waals surface area contributed by atoms with E-state index in [1.165, 1.54) is 0 Å². The number of nitrogens with zero attached hydrogens (tertiary/aromatic N) is 3. The van der Waals surface area contributed by atoms with E-state index in [2.05, 4.69) is 10.1 Å². The highest BCUT2D eigenvalue weighted by Gasteiger charge is 2.47.